The maximum Gasteiger partial charge on any atom is 0.222 e. The third-order valence-corrected chi connectivity index (χ3v) is 6.44. The number of hydrogen-bond acceptors (Lipinski definition) is 6. The Hall–Kier alpha value is -2.03. The van der Waals surface area contributed by atoms with Crippen molar-refractivity contribution in [2.75, 3.05) is 19.8 Å². The van der Waals surface area contributed by atoms with Gasteiger partial charge in [0, 0.05) is 43.1 Å². The molecule has 3 heterocycles. The van der Waals surface area contributed by atoms with E-state index in [-0.39, 0.29) is 30.8 Å². The molecular weight excluding hydrogens is 430 g/mol. The standard InChI is InChI=1S/C24H30ClN3O4/c25-21-4-2-1-3-18(21)12-27-24(30)11-20-5-6-22-23(32-20)16-31-15-19(29)14-28(22)13-17-7-9-26-10-8-17/h1-4,7-10,19-20,22-23,29H,5-6,11-16H2,(H,27,30)/t19-,20+,22-,23+/m1/s1. The first-order chi connectivity index (χ1) is 15.6. The van der Waals surface area contributed by atoms with Crippen LogP contribution >= 0.6 is 11.6 Å². The Kier molecular flexibility index (Phi) is 8.10. The van der Waals surface area contributed by atoms with Crippen molar-refractivity contribution in [1.29, 1.82) is 0 Å². The highest BCUT2D eigenvalue weighted by Gasteiger charge is 2.38. The fraction of sp³-hybridized carbons (Fsp3) is 0.500. The molecule has 32 heavy (non-hydrogen) atoms. The largest absolute Gasteiger partial charge is 0.389 e. The number of halogens is 1. The molecule has 2 fully saturated rings. The first-order valence-electron chi connectivity index (χ1n) is 11.1. The molecule has 2 aliphatic rings. The Morgan fingerprint density at radius 1 is 1.19 bits per heavy atom. The minimum Gasteiger partial charge on any atom is -0.389 e. The topological polar surface area (TPSA) is 83.9 Å². The van der Waals surface area contributed by atoms with E-state index in [0.29, 0.717) is 37.7 Å². The molecule has 2 N–H and O–H groups in total. The molecule has 4 atom stereocenters. The number of nitrogens with zero attached hydrogens (tertiary/aromatic N) is 2. The number of amides is 1. The van der Waals surface area contributed by atoms with E-state index in [1.165, 1.54) is 0 Å². The summed E-state index contributed by atoms with van der Waals surface area (Å²) in [4.78, 5) is 18.9. The van der Waals surface area contributed by atoms with Gasteiger partial charge in [0.15, 0.2) is 0 Å². The number of aliphatic hydroxyl groups is 1. The van der Waals surface area contributed by atoms with E-state index >= 15 is 0 Å². The van der Waals surface area contributed by atoms with Gasteiger partial charge in [-0.25, -0.2) is 0 Å². The van der Waals surface area contributed by atoms with Gasteiger partial charge in [0.25, 0.3) is 0 Å². The number of β-amino-alcohol motifs (C(OH)–C–C–N with tert-alkyl or cyclic N) is 1. The molecule has 4 rings (SSSR count). The van der Waals surface area contributed by atoms with Crippen LogP contribution < -0.4 is 5.32 Å². The Labute approximate surface area is 193 Å². The minimum atomic E-state index is -0.536. The maximum atomic E-state index is 12.5. The summed E-state index contributed by atoms with van der Waals surface area (Å²) in [5, 5.41) is 13.9. The van der Waals surface area contributed by atoms with Crippen molar-refractivity contribution >= 4 is 17.5 Å². The lowest BCUT2D eigenvalue weighted by Gasteiger charge is -2.44. The van der Waals surface area contributed by atoms with E-state index in [0.717, 1.165) is 24.0 Å². The lowest BCUT2D eigenvalue weighted by atomic mass is 9.94. The normalized spacial score (nSPS) is 26.6. The molecule has 1 amide bonds. The molecule has 172 valence electrons. The third kappa shape index (κ3) is 6.27. The van der Waals surface area contributed by atoms with Crippen molar-refractivity contribution in [1.82, 2.24) is 15.2 Å². The number of ether oxygens (including phenoxy) is 2. The summed E-state index contributed by atoms with van der Waals surface area (Å²) in [5.41, 5.74) is 2.04. The monoisotopic (exact) mass is 459 g/mol. The second kappa shape index (κ2) is 11.2. The average molecular weight is 460 g/mol. The fourth-order valence-corrected chi connectivity index (χ4v) is 4.67. The summed E-state index contributed by atoms with van der Waals surface area (Å²) in [6, 6.07) is 11.6. The van der Waals surface area contributed by atoms with Gasteiger partial charge < -0.3 is 19.9 Å². The van der Waals surface area contributed by atoms with Gasteiger partial charge in [-0.3, -0.25) is 14.7 Å². The number of carbonyl (C=O) groups excluding carboxylic acids is 1. The zero-order valence-corrected chi connectivity index (χ0v) is 18.8. The first-order valence-corrected chi connectivity index (χ1v) is 11.5. The third-order valence-electron chi connectivity index (χ3n) is 6.07. The van der Waals surface area contributed by atoms with Crippen LogP contribution in [0.15, 0.2) is 48.8 Å². The summed E-state index contributed by atoms with van der Waals surface area (Å²) >= 11 is 6.17. The molecular formula is C24H30ClN3O4. The summed E-state index contributed by atoms with van der Waals surface area (Å²) in [6.45, 7) is 2.33. The number of rotatable bonds is 6. The molecule has 0 spiro atoms. The van der Waals surface area contributed by atoms with Crippen molar-refractivity contribution < 1.29 is 19.4 Å². The molecule has 0 aliphatic carbocycles. The molecule has 1 aromatic carbocycles. The number of aliphatic hydroxyl groups excluding tert-OH is 1. The molecule has 7 nitrogen and oxygen atoms in total. The molecule has 2 aromatic rings. The van der Waals surface area contributed by atoms with E-state index in [4.69, 9.17) is 21.1 Å². The zero-order chi connectivity index (χ0) is 22.3. The summed E-state index contributed by atoms with van der Waals surface area (Å²) in [6.07, 6.45) is 4.71. The van der Waals surface area contributed by atoms with Crippen LogP contribution in [0.4, 0.5) is 0 Å². The van der Waals surface area contributed by atoms with E-state index in [1.54, 1.807) is 12.4 Å². The summed E-state index contributed by atoms with van der Waals surface area (Å²) in [7, 11) is 0. The molecule has 0 bridgehead atoms. The molecule has 2 aliphatic heterocycles. The molecule has 0 unspecified atom stereocenters. The van der Waals surface area contributed by atoms with Gasteiger partial charge in [-0.15, -0.1) is 0 Å². The quantitative estimate of drug-likeness (QED) is 0.690. The summed E-state index contributed by atoms with van der Waals surface area (Å²) < 4.78 is 12.0. The van der Waals surface area contributed by atoms with Crippen LogP contribution in [0.25, 0.3) is 0 Å². The smallest absolute Gasteiger partial charge is 0.222 e. The van der Waals surface area contributed by atoms with Crippen LogP contribution in [0.1, 0.15) is 30.4 Å². The van der Waals surface area contributed by atoms with Crippen LogP contribution in [0.2, 0.25) is 5.02 Å². The SMILES string of the molecule is O=C(C[C@@H]1CC[C@@H]2[C@H](COC[C@H](O)CN2Cc2ccncc2)O1)NCc1ccccc1Cl. The lowest BCUT2D eigenvalue weighted by Crippen LogP contribution is -2.55. The van der Waals surface area contributed by atoms with Crippen molar-refractivity contribution in [3.8, 4) is 0 Å². The van der Waals surface area contributed by atoms with Gasteiger partial charge in [-0.05, 0) is 42.2 Å². The second-order valence-electron chi connectivity index (χ2n) is 8.49. The predicted molar refractivity (Wildman–Crippen MR) is 121 cm³/mol. The number of fused-ring (bicyclic) bond motifs is 1. The van der Waals surface area contributed by atoms with Crippen molar-refractivity contribution in [3.05, 3.63) is 64.9 Å². The second-order valence-corrected chi connectivity index (χ2v) is 8.90. The average Bonchev–Trinajstić information content (AvgIpc) is 2.78. The molecule has 0 saturated carbocycles. The van der Waals surface area contributed by atoms with E-state index in [1.807, 2.05) is 36.4 Å². The van der Waals surface area contributed by atoms with Crippen LogP contribution in [0, 0.1) is 0 Å². The Bertz CT molecular complexity index is 885. The fourth-order valence-electron chi connectivity index (χ4n) is 4.46. The molecule has 2 saturated heterocycles. The molecule has 0 radical (unpaired) electrons. The number of nitrogens with one attached hydrogen (secondary N) is 1. The highest BCUT2D eigenvalue weighted by molar-refractivity contribution is 6.31. The van der Waals surface area contributed by atoms with Gasteiger partial charge in [-0.1, -0.05) is 29.8 Å². The van der Waals surface area contributed by atoms with E-state index < -0.39 is 6.10 Å². The van der Waals surface area contributed by atoms with Crippen LogP contribution in [0.5, 0.6) is 0 Å². The molecule has 1 aromatic heterocycles. The summed E-state index contributed by atoms with van der Waals surface area (Å²) in [5.74, 6) is -0.0517. The van der Waals surface area contributed by atoms with Crippen LogP contribution in [-0.2, 0) is 27.4 Å². The molecule has 8 heteroatoms. The maximum absolute atomic E-state index is 12.5. The zero-order valence-electron chi connectivity index (χ0n) is 18.0. The predicted octanol–water partition coefficient (Wildman–Crippen LogP) is 2.55. The highest BCUT2D eigenvalue weighted by atomic mass is 35.5. The first kappa shape index (κ1) is 23.1. The van der Waals surface area contributed by atoms with E-state index in [2.05, 4.69) is 15.2 Å². The number of benzene rings is 1. The number of hydrogen-bond donors (Lipinski definition) is 2. The van der Waals surface area contributed by atoms with Crippen LogP contribution in [0.3, 0.4) is 0 Å². The Morgan fingerprint density at radius 2 is 2.00 bits per heavy atom. The lowest BCUT2D eigenvalue weighted by molar-refractivity contribution is -0.158. The number of pyridine rings is 1. The van der Waals surface area contributed by atoms with Crippen LogP contribution in [-0.4, -0.2) is 65.0 Å². The minimum absolute atomic E-state index is 0.0517. The van der Waals surface area contributed by atoms with Gasteiger partial charge >= 0.3 is 0 Å². The number of aromatic nitrogens is 1. The van der Waals surface area contributed by atoms with Gasteiger partial charge in [-0.2, -0.15) is 0 Å². The van der Waals surface area contributed by atoms with Gasteiger partial charge in [0.2, 0.25) is 5.91 Å². The Morgan fingerprint density at radius 3 is 2.81 bits per heavy atom. The van der Waals surface area contributed by atoms with Crippen molar-refractivity contribution in [3.63, 3.8) is 0 Å². The highest BCUT2D eigenvalue weighted by Crippen LogP contribution is 2.28. The van der Waals surface area contributed by atoms with Gasteiger partial charge in [0.05, 0.1) is 37.9 Å². The van der Waals surface area contributed by atoms with Gasteiger partial charge in [0.1, 0.15) is 0 Å². The number of carbonyl (C=O) groups is 1. The van der Waals surface area contributed by atoms with Crippen molar-refractivity contribution in [2.45, 2.75) is 56.7 Å². The van der Waals surface area contributed by atoms with Crippen molar-refractivity contribution in [2.24, 2.45) is 0 Å². The Balaban J connectivity index is 1.34. The van der Waals surface area contributed by atoms with E-state index in [9.17, 15) is 9.90 Å².